The molecule has 0 aromatic carbocycles. The molecule has 0 saturated carbocycles. The first kappa shape index (κ1) is 15.3. The predicted molar refractivity (Wildman–Crippen MR) is 79.4 cm³/mol. The molecule has 0 spiro atoms. The molecule has 6 nitrogen and oxygen atoms in total. The summed E-state index contributed by atoms with van der Waals surface area (Å²) in [5.41, 5.74) is 0.252. The summed E-state index contributed by atoms with van der Waals surface area (Å²) in [6, 6.07) is 2.88. The van der Waals surface area contributed by atoms with Gasteiger partial charge in [0.1, 0.15) is 0 Å². The van der Waals surface area contributed by atoms with E-state index in [0.29, 0.717) is 19.0 Å². The third-order valence-corrected chi connectivity index (χ3v) is 3.95. The van der Waals surface area contributed by atoms with Crippen LogP contribution in [0.3, 0.4) is 0 Å². The van der Waals surface area contributed by atoms with Gasteiger partial charge in [0, 0.05) is 19.3 Å². The highest BCUT2D eigenvalue weighted by atomic mass is 16.4. The summed E-state index contributed by atoms with van der Waals surface area (Å²) in [4.78, 5) is 28.8. The van der Waals surface area contributed by atoms with Gasteiger partial charge < -0.3 is 15.3 Å². The largest absolute Gasteiger partial charge is 0.476 e. The smallest absolute Gasteiger partial charge is 0.356 e. The first-order valence-electron chi connectivity index (χ1n) is 7.03. The predicted octanol–water partition coefficient (Wildman–Crippen LogP) is 2.68. The number of carboxylic acid groups (broad SMARTS) is 1. The van der Waals surface area contributed by atoms with Crippen molar-refractivity contribution in [2.24, 2.45) is 11.3 Å². The number of aromatic carboxylic acids is 1. The van der Waals surface area contributed by atoms with Crippen molar-refractivity contribution in [3.05, 3.63) is 24.0 Å². The van der Waals surface area contributed by atoms with Crippen LogP contribution in [0.25, 0.3) is 0 Å². The van der Waals surface area contributed by atoms with Gasteiger partial charge in [0.2, 0.25) is 0 Å². The minimum Gasteiger partial charge on any atom is -0.476 e. The Kier molecular flexibility index (Phi) is 4.16. The van der Waals surface area contributed by atoms with Crippen molar-refractivity contribution >= 4 is 17.7 Å². The van der Waals surface area contributed by atoms with Crippen LogP contribution in [0.15, 0.2) is 18.3 Å². The van der Waals surface area contributed by atoms with Crippen LogP contribution in [0.1, 0.15) is 37.7 Å². The van der Waals surface area contributed by atoms with E-state index in [2.05, 4.69) is 31.1 Å². The maximum absolute atomic E-state index is 12.3. The molecule has 2 heterocycles. The quantitative estimate of drug-likeness (QED) is 0.877. The van der Waals surface area contributed by atoms with Gasteiger partial charge in [-0.05, 0) is 29.9 Å². The third kappa shape index (κ3) is 3.51. The maximum Gasteiger partial charge on any atom is 0.356 e. The molecule has 21 heavy (non-hydrogen) atoms. The van der Waals surface area contributed by atoms with Crippen LogP contribution in [0.2, 0.25) is 0 Å². The number of hydrogen-bond acceptors (Lipinski definition) is 3. The van der Waals surface area contributed by atoms with Crippen molar-refractivity contribution < 1.29 is 14.7 Å². The highest BCUT2D eigenvalue weighted by Gasteiger charge is 2.34. The lowest BCUT2D eigenvalue weighted by Crippen LogP contribution is -2.35. The number of nitrogens with one attached hydrogen (secondary N) is 1. The summed E-state index contributed by atoms with van der Waals surface area (Å²) >= 11 is 0. The van der Waals surface area contributed by atoms with Gasteiger partial charge in [-0.25, -0.2) is 14.6 Å². The van der Waals surface area contributed by atoms with Crippen molar-refractivity contribution in [2.75, 3.05) is 18.4 Å². The lowest BCUT2D eigenvalue weighted by atomic mass is 9.80. The Morgan fingerprint density at radius 3 is 2.71 bits per heavy atom. The Bertz CT molecular complexity index is 551. The SMILES string of the molecule is CC(C)(C)C1CCN(C(=O)Nc2cccnc2C(=O)O)C1. The highest BCUT2D eigenvalue weighted by Crippen LogP contribution is 2.33. The summed E-state index contributed by atoms with van der Waals surface area (Å²) in [5, 5.41) is 11.7. The molecule has 2 amide bonds. The summed E-state index contributed by atoms with van der Waals surface area (Å²) in [6.45, 7) is 7.89. The molecular weight excluding hydrogens is 270 g/mol. The zero-order chi connectivity index (χ0) is 15.6. The molecule has 0 aliphatic carbocycles. The summed E-state index contributed by atoms with van der Waals surface area (Å²) < 4.78 is 0. The number of nitrogens with zero attached hydrogens (tertiary/aromatic N) is 2. The minimum atomic E-state index is -1.15. The zero-order valence-electron chi connectivity index (χ0n) is 12.6. The van der Waals surface area contributed by atoms with Crippen molar-refractivity contribution in [3.63, 3.8) is 0 Å². The van der Waals surface area contributed by atoms with Crippen molar-refractivity contribution in [3.8, 4) is 0 Å². The van der Waals surface area contributed by atoms with E-state index in [1.807, 2.05) is 0 Å². The number of likely N-dealkylation sites (tertiary alicyclic amines) is 1. The first-order chi connectivity index (χ1) is 9.79. The molecule has 114 valence electrons. The first-order valence-corrected chi connectivity index (χ1v) is 7.03. The second-order valence-corrected chi connectivity index (χ2v) is 6.43. The van der Waals surface area contributed by atoms with Crippen LogP contribution >= 0.6 is 0 Å². The number of aromatic nitrogens is 1. The zero-order valence-corrected chi connectivity index (χ0v) is 12.6. The van der Waals surface area contributed by atoms with E-state index in [0.717, 1.165) is 6.42 Å². The maximum atomic E-state index is 12.3. The number of carbonyl (C=O) groups is 2. The number of rotatable bonds is 2. The molecule has 1 unspecified atom stereocenters. The van der Waals surface area contributed by atoms with Gasteiger partial charge in [0.15, 0.2) is 5.69 Å². The van der Waals surface area contributed by atoms with Crippen LogP contribution in [0.4, 0.5) is 10.5 Å². The van der Waals surface area contributed by atoms with Crippen LogP contribution in [-0.4, -0.2) is 40.1 Å². The van der Waals surface area contributed by atoms with E-state index in [4.69, 9.17) is 5.11 Å². The summed E-state index contributed by atoms with van der Waals surface area (Å²) in [6.07, 6.45) is 2.36. The van der Waals surface area contributed by atoms with Crippen LogP contribution in [0.5, 0.6) is 0 Å². The molecule has 6 heteroatoms. The normalized spacial score (nSPS) is 18.6. The number of carbonyl (C=O) groups excluding carboxylic acids is 1. The average molecular weight is 291 g/mol. The van der Waals surface area contributed by atoms with Crippen LogP contribution in [-0.2, 0) is 0 Å². The number of hydrogen-bond donors (Lipinski definition) is 2. The van der Waals surface area contributed by atoms with Crippen molar-refractivity contribution in [2.45, 2.75) is 27.2 Å². The lowest BCUT2D eigenvalue weighted by Gasteiger charge is -2.27. The van der Waals surface area contributed by atoms with Gasteiger partial charge in [0.25, 0.3) is 0 Å². The Morgan fingerprint density at radius 2 is 2.14 bits per heavy atom. The minimum absolute atomic E-state index is 0.141. The highest BCUT2D eigenvalue weighted by molar-refractivity contribution is 5.98. The average Bonchev–Trinajstić information content (AvgIpc) is 2.88. The van der Waals surface area contributed by atoms with E-state index in [9.17, 15) is 9.59 Å². The fraction of sp³-hybridized carbons (Fsp3) is 0.533. The molecule has 1 aromatic rings. The molecule has 0 bridgehead atoms. The van der Waals surface area contributed by atoms with E-state index < -0.39 is 5.97 Å². The third-order valence-electron chi connectivity index (χ3n) is 3.95. The molecule has 1 saturated heterocycles. The molecule has 1 atom stereocenters. The number of anilines is 1. The standard InChI is InChI=1S/C15H21N3O3/c1-15(2,3)10-6-8-18(9-10)14(21)17-11-5-4-7-16-12(11)13(19)20/h4-5,7,10H,6,8-9H2,1-3H3,(H,17,21)(H,19,20). The summed E-state index contributed by atoms with van der Waals surface area (Å²) in [5.74, 6) is -0.698. The van der Waals surface area contributed by atoms with Crippen molar-refractivity contribution in [1.29, 1.82) is 0 Å². The molecular formula is C15H21N3O3. The van der Waals surface area contributed by atoms with Gasteiger partial charge in [0.05, 0.1) is 5.69 Å². The Balaban J connectivity index is 2.05. The number of urea groups is 1. The van der Waals surface area contributed by atoms with Gasteiger partial charge in [-0.15, -0.1) is 0 Å². The van der Waals surface area contributed by atoms with E-state index in [-0.39, 0.29) is 22.8 Å². The van der Waals surface area contributed by atoms with Crippen LogP contribution < -0.4 is 5.32 Å². The van der Waals surface area contributed by atoms with Gasteiger partial charge in [-0.2, -0.15) is 0 Å². The van der Waals surface area contributed by atoms with Gasteiger partial charge in [-0.1, -0.05) is 20.8 Å². The van der Waals surface area contributed by atoms with E-state index in [1.54, 1.807) is 17.0 Å². The molecule has 1 aliphatic rings. The molecule has 1 aromatic heterocycles. The fourth-order valence-electron chi connectivity index (χ4n) is 2.52. The van der Waals surface area contributed by atoms with E-state index >= 15 is 0 Å². The van der Waals surface area contributed by atoms with E-state index in [1.165, 1.54) is 6.20 Å². The monoisotopic (exact) mass is 291 g/mol. The van der Waals surface area contributed by atoms with Crippen LogP contribution in [0, 0.1) is 11.3 Å². The second-order valence-electron chi connectivity index (χ2n) is 6.43. The molecule has 0 radical (unpaired) electrons. The lowest BCUT2D eigenvalue weighted by molar-refractivity contribution is 0.0691. The molecule has 1 aliphatic heterocycles. The molecule has 2 rings (SSSR count). The topological polar surface area (TPSA) is 82.5 Å². The van der Waals surface area contributed by atoms with Gasteiger partial charge >= 0.3 is 12.0 Å². The van der Waals surface area contributed by atoms with Crippen molar-refractivity contribution in [1.82, 2.24) is 9.88 Å². The number of carboxylic acids is 1. The van der Waals surface area contributed by atoms with Gasteiger partial charge in [-0.3, -0.25) is 0 Å². The molecule has 2 N–H and O–H groups in total. The summed E-state index contributed by atoms with van der Waals surface area (Å²) in [7, 11) is 0. The Hall–Kier alpha value is -2.11. The molecule has 1 fully saturated rings. The Morgan fingerprint density at radius 1 is 1.43 bits per heavy atom. The Labute approximate surface area is 124 Å². The number of pyridine rings is 1. The fourth-order valence-corrected chi connectivity index (χ4v) is 2.52. The second kappa shape index (κ2) is 5.71. The number of amides is 2.